The fourth-order valence-electron chi connectivity index (χ4n) is 15.0. The predicted octanol–water partition coefficient (Wildman–Crippen LogP) is 27.2. The first-order valence-electron chi connectivity index (χ1n) is 41.5. The van der Waals surface area contributed by atoms with E-state index in [2.05, 4.69) is 314 Å². The van der Waals surface area contributed by atoms with Gasteiger partial charge in [-0.25, -0.2) is 29.9 Å². The highest BCUT2D eigenvalue weighted by Gasteiger charge is 2.18. The molecule has 0 spiro atoms. The predicted molar refractivity (Wildman–Crippen MR) is 509 cm³/mol. The van der Waals surface area contributed by atoms with Crippen LogP contribution >= 0.6 is 0 Å². The number of hydrogen-bond donors (Lipinski definition) is 0. The maximum atomic E-state index is 5.09. The van der Waals surface area contributed by atoms with Gasteiger partial charge in [0, 0.05) is 134 Å². The Bertz CT molecular complexity index is 6310. The number of rotatable bonds is 18. The summed E-state index contributed by atoms with van der Waals surface area (Å²) in [6.07, 6.45) is 16.3. The molecule has 10 aromatic heterocycles. The molecular weight excluding hydrogens is 1540 g/mol. The smallest absolute Gasteiger partial charge is 0.160 e. The van der Waals surface area contributed by atoms with Crippen LogP contribution in [0.4, 0.5) is 0 Å². The number of benzene rings is 11. The van der Waals surface area contributed by atoms with Crippen molar-refractivity contribution in [1.82, 2.24) is 64.8 Å². The Hall–Kier alpha value is -17.3. The van der Waals surface area contributed by atoms with Crippen molar-refractivity contribution in [2.45, 2.75) is 0 Å². The van der Waals surface area contributed by atoms with Crippen LogP contribution in [0.1, 0.15) is 0 Å². The highest BCUT2D eigenvalue weighted by atomic mass is 14.9. The van der Waals surface area contributed by atoms with E-state index in [9.17, 15) is 0 Å². The highest BCUT2D eigenvalue weighted by molar-refractivity contribution is 5.82. The molecular formula is C113H77N13. The molecule has 0 bridgehead atoms. The van der Waals surface area contributed by atoms with Gasteiger partial charge >= 0.3 is 0 Å². The molecule has 13 heteroatoms. The largest absolute Gasteiger partial charge is 0.265 e. The van der Waals surface area contributed by atoms with Gasteiger partial charge in [0.25, 0.3) is 0 Å². The monoisotopic (exact) mass is 1620 g/mol. The van der Waals surface area contributed by atoms with Crippen LogP contribution in [0.2, 0.25) is 0 Å². The van der Waals surface area contributed by atoms with Crippen molar-refractivity contribution in [2.75, 3.05) is 0 Å². The zero-order chi connectivity index (χ0) is 84.4. The normalized spacial score (nSPS) is 10.9. The summed E-state index contributed by atoms with van der Waals surface area (Å²) in [5.41, 5.74) is 33.3. The minimum Gasteiger partial charge on any atom is -0.265 e. The Morgan fingerprint density at radius 2 is 0.294 bits per heavy atom. The lowest BCUT2D eigenvalue weighted by atomic mass is 10.0. The van der Waals surface area contributed by atoms with E-state index in [4.69, 9.17) is 29.9 Å². The molecule has 0 N–H and O–H groups in total. The average molecular weight is 1620 g/mol. The molecule has 0 aliphatic heterocycles. The molecule has 0 radical (unpaired) electrons. The Balaban J connectivity index is 0.000000123. The second kappa shape index (κ2) is 37.6. The fourth-order valence-corrected chi connectivity index (χ4v) is 15.0. The molecule has 11 aromatic carbocycles. The van der Waals surface area contributed by atoms with Crippen LogP contribution in [0.3, 0.4) is 0 Å². The summed E-state index contributed by atoms with van der Waals surface area (Å²) in [6.45, 7) is 0. The Labute approximate surface area is 730 Å². The Morgan fingerprint density at radius 1 is 0.103 bits per heavy atom. The van der Waals surface area contributed by atoms with Crippen LogP contribution in [0.15, 0.2) is 468 Å². The van der Waals surface area contributed by atoms with Crippen molar-refractivity contribution in [3.63, 3.8) is 0 Å². The minimum atomic E-state index is 0.665. The molecule has 594 valence electrons. The zero-order valence-corrected chi connectivity index (χ0v) is 68.3. The van der Waals surface area contributed by atoms with Crippen molar-refractivity contribution in [1.29, 1.82) is 0 Å². The van der Waals surface area contributed by atoms with Crippen LogP contribution in [0, 0.1) is 0 Å². The lowest BCUT2D eigenvalue weighted by Crippen LogP contribution is -1.96. The summed E-state index contributed by atoms with van der Waals surface area (Å²) in [7, 11) is 0. The third-order valence-corrected chi connectivity index (χ3v) is 21.7. The van der Waals surface area contributed by atoms with Gasteiger partial charge in [0.2, 0.25) is 0 Å². The molecule has 21 aromatic rings. The SMILES string of the molecule is c1ccc(-c2ccc(-c3cc(-c4ccc(-c5ccccn5)cc4)nc(-c4ccc(-c5ccccc5)cc4)n3)cc2)cc1.c1ccc(-c2ccc(-c3cc(-c4ccc(-c5ccccn5)cc4)nc(-c4ccc(-c5ccccn5)cc4)n3)cc2)nc1.c1ccc(-c2ccc(-c3cc(-c4cccc(-c5ccncc5)c4)nc(-c4cccc(-c5ccncc5)c4)n3)cc2)nc1. The van der Waals surface area contributed by atoms with Gasteiger partial charge in [-0.2, -0.15) is 0 Å². The summed E-state index contributed by atoms with van der Waals surface area (Å²) < 4.78 is 0. The van der Waals surface area contributed by atoms with E-state index >= 15 is 0 Å². The van der Waals surface area contributed by atoms with Gasteiger partial charge < -0.3 is 0 Å². The Kier molecular flexibility index (Phi) is 23.4. The molecule has 0 amide bonds. The van der Waals surface area contributed by atoms with E-state index in [1.807, 2.05) is 183 Å². The fraction of sp³-hybridized carbons (Fsp3) is 0. The first-order valence-corrected chi connectivity index (χ1v) is 41.5. The molecule has 0 saturated heterocycles. The number of aromatic nitrogens is 13. The minimum absolute atomic E-state index is 0.665. The van der Waals surface area contributed by atoms with Gasteiger partial charge in [-0.15, -0.1) is 0 Å². The highest BCUT2D eigenvalue weighted by Crippen LogP contribution is 2.38. The Morgan fingerprint density at radius 3 is 0.563 bits per heavy atom. The van der Waals surface area contributed by atoms with Crippen molar-refractivity contribution in [3.8, 4) is 203 Å². The van der Waals surface area contributed by atoms with Crippen molar-refractivity contribution >= 4 is 0 Å². The summed E-state index contributed by atoms with van der Waals surface area (Å²) in [4.78, 5) is 61.0. The van der Waals surface area contributed by atoms with Crippen LogP contribution in [-0.4, -0.2) is 64.8 Å². The lowest BCUT2D eigenvalue weighted by molar-refractivity contribution is 1.18. The van der Waals surface area contributed by atoms with E-state index < -0.39 is 0 Å². The molecule has 0 aliphatic carbocycles. The maximum Gasteiger partial charge on any atom is 0.160 e. The molecule has 0 fully saturated rings. The van der Waals surface area contributed by atoms with Gasteiger partial charge in [-0.3, -0.25) is 34.9 Å². The van der Waals surface area contributed by atoms with Gasteiger partial charge in [0.1, 0.15) is 0 Å². The molecule has 10 heterocycles. The van der Waals surface area contributed by atoms with E-state index in [-0.39, 0.29) is 0 Å². The van der Waals surface area contributed by atoms with Crippen molar-refractivity contribution < 1.29 is 0 Å². The van der Waals surface area contributed by atoms with E-state index in [0.717, 1.165) is 168 Å². The van der Waals surface area contributed by atoms with E-state index in [1.165, 1.54) is 16.7 Å². The van der Waals surface area contributed by atoms with Crippen molar-refractivity contribution in [3.05, 3.63) is 468 Å². The lowest BCUT2D eigenvalue weighted by Gasteiger charge is -2.12. The van der Waals surface area contributed by atoms with Gasteiger partial charge in [0.15, 0.2) is 17.5 Å². The van der Waals surface area contributed by atoms with Crippen LogP contribution in [-0.2, 0) is 0 Å². The molecule has 13 nitrogen and oxygen atoms in total. The second-order valence-corrected chi connectivity index (χ2v) is 29.9. The second-order valence-electron chi connectivity index (χ2n) is 29.9. The molecule has 0 unspecified atom stereocenters. The summed E-state index contributed by atoms with van der Waals surface area (Å²) >= 11 is 0. The van der Waals surface area contributed by atoms with Gasteiger partial charge in [-0.1, -0.05) is 297 Å². The molecule has 0 saturated carbocycles. The van der Waals surface area contributed by atoms with Crippen molar-refractivity contribution in [2.24, 2.45) is 0 Å². The molecule has 21 rings (SSSR count). The molecule has 126 heavy (non-hydrogen) atoms. The third-order valence-electron chi connectivity index (χ3n) is 21.7. The standard InChI is InChI=1S/C39H27N3.2C37H25N5/c1-3-9-28(10-4-1)30-14-18-33(19-15-30)37-27-38(34-22-20-32(21-23-34)36-13-7-8-26-40-36)42-39(41-37)35-24-16-31(17-25-35)29-11-5-2-6-12-29;1-4-22-38-32(7-1)26-10-14-29(15-11-26)35-25-36(30-16-12-27(13-17-30)33-8-2-5-23-39-33)42-37(41-35)31-20-18-28(19-21-31)34-9-3-6-24-40-34;1-2-18-40-34(9-1)28-10-12-29(13-11-28)35-25-36(32-7-3-5-30(23-32)26-14-19-38-20-15-26)42-37(41-35)33-8-4-6-31(24-33)27-16-21-39-22-17-27/h1-27H;2*1-25H. The van der Waals surface area contributed by atoms with Gasteiger partial charge in [0.05, 0.1) is 62.6 Å². The first kappa shape index (κ1) is 78.6. The summed E-state index contributed by atoms with van der Waals surface area (Å²) in [5.74, 6) is 2.03. The summed E-state index contributed by atoms with van der Waals surface area (Å²) in [6, 6.07) is 140. The zero-order valence-electron chi connectivity index (χ0n) is 68.3. The van der Waals surface area contributed by atoms with Crippen LogP contribution < -0.4 is 0 Å². The van der Waals surface area contributed by atoms with E-state index in [0.29, 0.717) is 17.5 Å². The average Bonchev–Trinajstić information content (AvgIpc) is 0.796. The van der Waals surface area contributed by atoms with Crippen LogP contribution in [0.5, 0.6) is 0 Å². The first-order chi connectivity index (χ1) is 62.4. The third kappa shape index (κ3) is 18.7. The molecule has 0 atom stereocenters. The number of pyridine rings is 7. The van der Waals surface area contributed by atoms with E-state index in [1.54, 1.807) is 6.20 Å². The molecule has 0 aliphatic rings. The summed E-state index contributed by atoms with van der Waals surface area (Å²) in [5, 5.41) is 0. The number of hydrogen-bond acceptors (Lipinski definition) is 13. The van der Waals surface area contributed by atoms with Crippen LogP contribution in [0.25, 0.3) is 203 Å². The topological polar surface area (TPSA) is 168 Å². The quantitative estimate of drug-likeness (QED) is 0.0797. The maximum absolute atomic E-state index is 5.09. The van der Waals surface area contributed by atoms with Gasteiger partial charge in [-0.05, 0) is 160 Å². The number of nitrogens with zero attached hydrogens (tertiary/aromatic N) is 13.